The molecule has 0 amide bonds. The molecule has 2 fully saturated rings. The third kappa shape index (κ3) is 6.66. The summed E-state index contributed by atoms with van der Waals surface area (Å²) in [6.07, 6.45) is -0.368. The topological polar surface area (TPSA) is 87.9 Å². The van der Waals surface area contributed by atoms with Crippen molar-refractivity contribution in [1.29, 1.82) is 0 Å². The second-order valence-electron chi connectivity index (χ2n) is 16.7. The highest BCUT2D eigenvalue weighted by molar-refractivity contribution is 6.99. The van der Waals surface area contributed by atoms with Crippen molar-refractivity contribution >= 4 is 35.6 Å². The van der Waals surface area contributed by atoms with Gasteiger partial charge in [0.1, 0.15) is 35.5 Å². The van der Waals surface area contributed by atoms with Crippen molar-refractivity contribution in [2.45, 2.75) is 75.4 Å². The van der Waals surface area contributed by atoms with Gasteiger partial charge < -0.3 is 28.4 Å². The van der Waals surface area contributed by atoms with Crippen molar-refractivity contribution in [3.63, 3.8) is 0 Å². The average Bonchev–Trinajstić information content (AvgIpc) is 3.94. The maximum atomic E-state index is 7.42. The van der Waals surface area contributed by atoms with E-state index < -0.39 is 44.1 Å². The molecule has 1 N–H and O–H groups in total. The van der Waals surface area contributed by atoms with Gasteiger partial charge in [-0.05, 0) is 45.9 Å². The Morgan fingerprint density at radius 1 is 0.638 bits per heavy atom. The summed E-state index contributed by atoms with van der Waals surface area (Å²) in [6, 6.07) is 54.5. The van der Waals surface area contributed by atoms with Crippen LogP contribution in [0.25, 0.3) is 11.1 Å². The standard InChI is InChI=1S/C49H49N3O5Si/c1-47(2,3)58(37-27-17-9-18-28-37,38-29-19-10-20-30-38)54-33-40-42-43(57-48(4,5)56-42)44(55-40)45-50-39-31-32-53-41(39)46(51-45)52-49(34-21-11-6-12-22-34,35-23-13-7-14-24-35)36-25-15-8-16-26-36/h6-32,40,42-44H,33H2,1-5H3,(H,50,51,52)/t40-,42-,43-,44-/m1/s1. The average molecular weight is 788 g/mol. The van der Waals surface area contributed by atoms with E-state index in [9.17, 15) is 0 Å². The quantitative estimate of drug-likeness (QED) is 0.103. The van der Waals surface area contributed by atoms with E-state index >= 15 is 0 Å². The number of fused-ring (bicyclic) bond motifs is 2. The molecule has 0 bridgehead atoms. The number of furan rings is 1. The van der Waals surface area contributed by atoms with Crippen molar-refractivity contribution < 1.29 is 23.1 Å². The highest BCUT2D eigenvalue weighted by Gasteiger charge is 2.58. The maximum absolute atomic E-state index is 7.42. The lowest BCUT2D eigenvalue weighted by molar-refractivity contribution is -0.191. The lowest BCUT2D eigenvalue weighted by Gasteiger charge is -2.43. The number of ether oxygens (including phenoxy) is 3. The molecule has 5 aromatic carbocycles. The Balaban J connectivity index is 1.13. The maximum Gasteiger partial charge on any atom is 0.261 e. The molecule has 0 radical (unpaired) electrons. The van der Waals surface area contributed by atoms with Crippen LogP contribution in [-0.2, 0) is 24.2 Å². The molecule has 8 nitrogen and oxygen atoms in total. The largest absolute Gasteiger partial charge is 0.459 e. The van der Waals surface area contributed by atoms with E-state index in [0.717, 1.165) is 16.7 Å². The van der Waals surface area contributed by atoms with Gasteiger partial charge in [-0.15, -0.1) is 0 Å². The van der Waals surface area contributed by atoms with Gasteiger partial charge >= 0.3 is 0 Å². The van der Waals surface area contributed by atoms with Crippen LogP contribution in [0, 0.1) is 0 Å². The first kappa shape index (κ1) is 38.1. The Labute approximate surface area is 341 Å². The molecular formula is C49H49N3O5Si. The molecule has 4 atom stereocenters. The van der Waals surface area contributed by atoms with Crippen LogP contribution < -0.4 is 15.7 Å². The molecule has 2 aromatic heterocycles. The number of nitrogens with zero attached hydrogens (tertiary/aromatic N) is 2. The fraction of sp³-hybridized carbons (Fsp3) is 0.265. The summed E-state index contributed by atoms with van der Waals surface area (Å²) in [6.45, 7) is 11.0. The van der Waals surface area contributed by atoms with Crippen molar-refractivity contribution in [3.8, 4) is 0 Å². The molecular weight excluding hydrogens is 739 g/mol. The zero-order valence-electron chi connectivity index (χ0n) is 33.5. The molecule has 0 unspecified atom stereocenters. The van der Waals surface area contributed by atoms with Crippen molar-refractivity contribution in [2.75, 3.05) is 11.9 Å². The predicted molar refractivity (Wildman–Crippen MR) is 230 cm³/mol. The van der Waals surface area contributed by atoms with Crippen LogP contribution in [-0.4, -0.2) is 49.0 Å². The summed E-state index contributed by atoms with van der Waals surface area (Å²) in [7, 11) is -2.89. The molecule has 7 aromatic rings. The van der Waals surface area contributed by atoms with Crippen LogP contribution in [0.15, 0.2) is 168 Å². The van der Waals surface area contributed by atoms with E-state index in [2.05, 4.69) is 160 Å². The normalized spacial score (nSPS) is 20.6. The third-order valence-electron chi connectivity index (χ3n) is 11.5. The Hall–Kier alpha value is -5.42. The molecule has 0 aliphatic carbocycles. The van der Waals surface area contributed by atoms with E-state index in [0.29, 0.717) is 29.3 Å². The summed E-state index contributed by atoms with van der Waals surface area (Å²) in [5.74, 6) is 0.160. The van der Waals surface area contributed by atoms with Crippen LogP contribution >= 0.6 is 0 Å². The molecule has 2 saturated heterocycles. The molecule has 4 heterocycles. The van der Waals surface area contributed by atoms with Crippen molar-refractivity contribution in [1.82, 2.24) is 9.97 Å². The number of hydrogen-bond donors (Lipinski definition) is 1. The zero-order chi connectivity index (χ0) is 40.0. The summed E-state index contributed by atoms with van der Waals surface area (Å²) in [5.41, 5.74) is 3.47. The summed E-state index contributed by atoms with van der Waals surface area (Å²) >= 11 is 0. The van der Waals surface area contributed by atoms with Gasteiger partial charge in [-0.25, -0.2) is 9.97 Å². The van der Waals surface area contributed by atoms with Crippen molar-refractivity contribution in [3.05, 3.63) is 187 Å². The smallest absolute Gasteiger partial charge is 0.261 e. The van der Waals surface area contributed by atoms with E-state index in [1.807, 2.05) is 38.1 Å². The predicted octanol–water partition coefficient (Wildman–Crippen LogP) is 9.16. The van der Waals surface area contributed by atoms with Gasteiger partial charge in [0.25, 0.3) is 8.32 Å². The van der Waals surface area contributed by atoms with Gasteiger partial charge in [0.05, 0.1) is 12.9 Å². The third-order valence-corrected chi connectivity index (χ3v) is 16.5. The van der Waals surface area contributed by atoms with Crippen LogP contribution in [0.5, 0.6) is 0 Å². The Morgan fingerprint density at radius 3 is 1.62 bits per heavy atom. The van der Waals surface area contributed by atoms with Crippen LogP contribution in [0.1, 0.15) is 63.2 Å². The van der Waals surface area contributed by atoms with Gasteiger partial charge in [-0.2, -0.15) is 0 Å². The minimum absolute atomic E-state index is 0.210. The van der Waals surface area contributed by atoms with E-state index in [1.165, 1.54) is 10.4 Å². The Kier molecular flexibility index (Phi) is 9.90. The minimum Gasteiger partial charge on any atom is -0.459 e. The summed E-state index contributed by atoms with van der Waals surface area (Å²) in [4.78, 5) is 10.4. The van der Waals surface area contributed by atoms with Gasteiger partial charge in [-0.1, -0.05) is 172 Å². The van der Waals surface area contributed by atoms with E-state index in [4.69, 9.17) is 33.0 Å². The number of aromatic nitrogens is 2. The highest BCUT2D eigenvalue weighted by Crippen LogP contribution is 2.47. The number of anilines is 1. The second kappa shape index (κ2) is 15.1. The van der Waals surface area contributed by atoms with Gasteiger partial charge in [0, 0.05) is 6.07 Å². The summed E-state index contributed by atoms with van der Waals surface area (Å²) in [5, 5.41) is 6.12. The van der Waals surface area contributed by atoms with Crippen LogP contribution in [0.3, 0.4) is 0 Å². The molecule has 9 heteroatoms. The second-order valence-corrected chi connectivity index (χ2v) is 21.0. The zero-order valence-corrected chi connectivity index (χ0v) is 34.5. The summed E-state index contributed by atoms with van der Waals surface area (Å²) < 4.78 is 33.9. The molecule has 0 spiro atoms. The van der Waals surface area contributed by atoms with Crippen LogP contribution in [0.4, 0.5) is 5.82 Å². The van der Waals surface area contributed by atoms with Crippen molar-refractivity contribution in [2.24, 2.45) is 0 Å². The monoisotopic (exact) mass is 787 g/mol. The van der Waals surface area contributed by atoms with Gasteiger partial charge in [0.2, 0.25) is 0 Å². The molecule has 294 valence electrons. The number of hydrogen-bond acceptors (Lipinski definition) is 8. The number of nitrogens with one attached hydrogen (secondary N) is 1. The molecule has 58 heavy (non-hydrogen) atoms. The number of rotatable bonds is 11. The minimum atomic E-state index is -2.89. The lowest BCUT2D eigenvalue weighted by atomic mass is 9.77. The number of benzene rings is 5. The lowest BCUT2D eigenvalue weighted by Crippen LogP contribution is -2.67. The molecule has 9 rings (SSSR count). The molecule has 2 aliphatic heterocycles. The fourth-order valence-corrected chi connectivity index (χ4v) is 13.6. The van der Waals surface area contributed by atoms with Gasteiger partial charge in [0.15, 0.2) is 23.0 Å². The van der Waals surface area contributed by atoms with Crippen LogP contribution in [0.2, 0.25) is 5.04 Å². The fourth-order valence-electron chi connectivity index (χ4n) is 9.04. The Morgan fingerprint density at radius 2 is 1.12 bits per heavy atom. The van der Waals surface area contributed by atoms with E-state index in [-0.39, 0.29) is 5.04 Å². The Bertz CT molecular complexity index is 2320. The first-order valence-corrected chi connectivity index (χ1v) is 22.0. The first-order chi connectivity index (χ1) is 28.1. The SMILES string of the molecule is CC1(C)O[C@@H]2[C@H](O1)[C@@H](CO[Si](c1ccccc1)(c1ccccc1)C(C)(C)C)O[C@H]2c1nc(NC(c2ccccc2)(c2ccccc2)c2ccccc2)c2occc2n1. The van der Waals surface area contributed by atoms with E-state index in [1.54, 1.807) is 6.26 Å². The van der Waals surface area contributed by atoms with Gasteiger partial charge in [-0.3, -0.25) is 0 Å². The highest BCUT2D eigenvalue weighted by atomic mass is 28.4. The first-order valence-electron chi connectivity index (χ1n) is 20.1. The molecule has 2 aliphatic rings. The molecule has 0 saturated carbocycles.